The molecule has 5 nitrogen and oxygen atoms in total. The molecule has 2 N–H and O–H groups in total. The molecule has 1 aliphatic heterocycles. The number of amides is 1. The van der Waals surface area contributed by atoms with Crippen LogP contribution in [0.1, 0.15) is 24.8 Å². The van der Waals surface area contributed by atoms with Crippen LogP contribution in [0.25, 0.3) is 0 Å². The second kappa shape index (κ2) is 7.22. The van der Waals surface area contributed by atoms with Crippen LogP contribution in [0.15, 0.2) is 30.3 Å². The Hall–Kier alpha value is -1.88. The topological polar surface area (TPSA) is 72.6 Å². The molecule has 2 rings (SSSR count). The van der Waals surface area contributed by atoms with Crippen molar-refractivity contribution in [1.82, 2.24) is 4.90 Å². The van der Waals surface area contributed by atoms with Crippen LogP contribution in [-0.2, 0) is 20.7 Å². The third-order valence-electron chi connectivity index (χ3n) is 3.87. The fraction of sp³-hybridized carbons (Fsp3) is 0.500. The Morgan fingerprint density at radius 3 is 2.71 bits per heavy atom. The molecule has 2 atom stereocenters. The van der Waals surface area contributed by atoms with Crippen molar-refractivity contribution in [1.29, 1.82) is 0 Å². The summed E-state index contributed by atoms with van der Waals surface area (Å²) in [6, 6.07) is 8.54. The van der Waals surface area contributed by atoms with E-state index in [1.165, 1.54) is 7.11 Å². The molecule has 1 aromatic rings. The van der Waals surface area contributed by atoms with Crippen LogP contribution >= 0.6 is 0 Å². The minimum atomic E-state index is -0.627. The molecule has 1 heterocycles. The quantitative estimate of drug-likeness (QED) is 0.843. The molecule has 1 aliphatic rings. The zero-order chi connectivity index (χ0) is 15.2. The number of esters is 1. The number of nitrogens with two attached hydrogens (primary N) is 1. The molecule has 0 spiro atoms. The van der Waals surface area contributed by atoms with Crippen LogP contribution < -0.4 is 5.73 Å². The molecule has 1 aromatic carbocycles. The van der Waals surface area contributed by atoms with Gasteiger partial charge in [0.25, 0.3) is 0 Å². The van der Waals surface area contributed by atoms with Crippen LogP contribution in [0, 0.1) is 0 Å². The van der Waals surface area contributed by atoms with Gasteiger partial charge in [-0.25, -0.2) is 4.79 Å². The van der Waals surface area contributed by atoms with Crippen molar-refractivity contribution < 1.29 is 14.3 Å². The average Bonchev–Trinajstić information content (AvgIpc) is 2.54. The third-order valence-corrected chi connectivity index (χ3v) is 3.87. The van der Waals surface area contributed by atoms with Gasteiger partial charge in [0.1, 0.15) is 6.04 Å². The zero-order valence-electron chi connectivity index (χ0n) is 12.3. The molecule has 114 valence electrons. The number of nitrogens with zero attached hydrogens (tertiary/aromatic N) is 1. The Labute approximate surface area is 125 Å². The van der Waals surface area contributed by atoms with Crippen molar-refractivity contribution in [2.24, 2.45) is 5.73 Å². The predicted octanol–water partition coefficient (Wildman–Crippen LogP) is 1.11. The Kier molecular flexibility index (Phi) is 5.33. The maximum atomic E-state index is 12.5. The summed E-state index contributed by atoms with van der Waals surface area (Å²) in [7, 11) is 1.35. The second-order valence-electron chi connectivity index (χ2n) is 5.36. The molecule has 0 aromatic heterocycles. The number of rotatable bonds is 4. The zero-order valence-corrected chi connectivity index (χ0v) is 12.3. The van der Waals surface area contributed by atoms with Crippen molar-refractivity contribution >= 4 is 11.9 Å². The van der Waals surface area contributed by atoms with E-state index in [1.54, 1.807) is 4.90 Å². The van der Waals surface area contributed by atoms with Crippen LogP contribution in [0.3, 0.4) is 0 Å². The van der Waals surface area contributed by atoms with Gasteiger partial charge in [0.05, 0.1) is 13.2 Å². The fourth-order valence-corrected chi connectivity index (χ4v) is 2.74. The molecule has 1 saturated heterocycles. The lowest BCUT2D eigenvalue weighted by atomic mass is 9.99. The number of ether oxygens (including phenoxy) is 1. The third kappa shape index (κ3) is 3.82. The summed E-state index contributed by atoms with van der Waals surface area (Å²) < 4.78 is 4.79. The van der Waals surface area contributed by atoms with Crippen LogP contribution in [0.5, 0.6) is 0 Å². The number of carbonyl (C=O) groups excluding carboxylic acids is 2. The highest BCUT2D eigenvalue weighted by molar-refractivity contribution is 5.87. The van der Waals surface area contributed by atoms with Gasteiger partial charge in [-0.2, -0.15) is 0 Å². The number of hydrogen-bond donors (Lipinski definition) is 1. The van der Waals surface area contributed by atoms with Crippen molar-refractivity contribution in [3.05, 3.63) is 35.9 Å². The van der Waals surface area contributed by atoms with Crippen molar-refractivity contribution in [3.63, 3.8) is 0 Å². The Balaban J connectivity index is 2.04. The number of carbonyl (C=O) groups is 2. The van der Waals surface area contributed by atoms with E-state index in [9.17, 15) is 9.59 Å². The normalized spacial score (nSPS) is 19.9. The van der Waals surface area contributed by atoms with Crippen molar-refractivity contribution in [3.8, 4) is 0 Å². The van der Waals surface area contributed by atoms with E-state index in [0.29, 0.717) is 19.4 Å². The van der Waals surface area contributed by atoms with E-state index < -0.39 is 12.1 Å². The van der Waals surface area contributed by atoms with E-state index in [4.69, 9.17) is 10.5 Å². The molecule has 0 saturated carbocycles. The molecule has 0 radical (unpaired) electrons. The predicted molar refractivity (Wildman–Crippen MR) is 79.5 cm³/mol. The van der Waals surface area contributed by atoms with Gasteiger partial charge in [-0.3, -0.25) is 4.79 Å². The summed E-state index contributed by atoms with van der Waals surface area (Å²) in [5.74, 6) is -0.524. The molecule has 0 bridgehead atoms. The highest BCUT2D eigenvalue weighted by atomic mass is 16.5. The number of piperidine rings is 1. The van der Waals surface area contributed by atoms with Crippen LogP contribution in [0.2, 0.25) is 0 Å². The molecule has 1 unspecified atom stereocenters. The van der Waals surface area contributed by atoms with Crippen molar-refractivity contribution in [2.45, 2.75) is 37.8 Å². The minimum Gasteiger partial charge on any atom is -0.467 e. The summed E-state index contributed by atoms with van der Waals surface area (Å²) >= 11 is 0. The second-order valence-corrected chi connectivity index (χ2v) is 5.36. The first-order chi connectivity index (χ1) is 10.1. The fourth-order valence-electron chi connectivity index (χ4n) is 2.74. The maximum absolute atomic E-state index is 12.5. The first-order valence-corrected chi connectivity index (χ1v) is 7.31. The van der Waals surface area contributed by atoms with E-state index in [2.05, 4.69) is 0 Å². The highest BCUT2D eigenvalue weighted by Gasteiger charge is 2.34. The summed E-state index contributed by atoms with van der Waals surface area (Å²) in [6.07, 6.45) is 2.95. The largest absolute Gasteiger partial charge is 0.467 e. The number of likely N-dealkylation sites (tertiary alicyclic amines) is 1. The Bertz CT molecular complexity index is 490. The minimum absolute atomic E-state index is 0.172. The first kappa shape index (κ1) is 15.5. The molecular formula is C16H22N2O3. The monoisotopic (exact) mass is 290 g/mol. The lowest BCUT2D eigenvalue weighted by molar-refractivity contribution is -0.155. The van der Waals surface area contributed by atoms with Gasteiger partial charge in [0, 0.05) is 6.54 Å². The van der Waals surface area contributed by atoms with Gasteiger partial charge in [-0.1, -0.05) is 30.3 Å². The molecule has 0 aliphatic carbocycles. The molecule has 5 heteroatoms. The average molecular weight is 290 g/mol. The first-order valence-electron chi connectivity index (χ1n) is 7.31. The van der Waals surface area contributed by atoms with Crippen LogP contribution in [-0.4, -0.2) is 42.5 Å². The van der Waals surface area contributed by atoms with Gasteiger partial charge in [-0.15, -0.1) is 0 Å². The van der Waals surface area contributed by atoms with E-state index >= 15 is 0 Å². The van der Waals surface area contributed by atoms with E-state index in [-0.39, 0.29) is 11.9 Å². The summed E-state index contributed by atoms with van der Waals surface area (Å²) in [5, 5.41) is 0. The SMILES string of the molecule is COC(=O)C1CCCCN1C(=O)[C@@H](N)Cc1ccccc1. The smallest absolute Gasteiger partial charge is 0.328 e. The van der Waals surface area contributed by atoms with Gasteiger partial charge >= 0.3 is 5.97 Å². The molecule has 1 amide bonds. The maximum Gasteiger partial charge on any atom is 0.328 e. The van der Waals surface area contributed by atoms with Gasteiger partial charge in [0.15, 0.2) is 0 Å². The lowest BCUT2D eigenvalue weighted by Crippen LogP contribution is -2.54. The Morgan fingerprint density at radius 2 is 2.05 bits per heavy atom. The van der Waals surface area contributed by atoms with Gasteiger partial charge in [0.2, 0.25) is 5.91 Å². The number of methoxy groups -OCH3 is 1. The lowest BCUT2D eigenvalue weighted by Gasteiger charge is -2.35. The summed E-state index contributed by atoms with van der Waals surface area (Å²) in [5.41, 5.74) is 7.06. The number of benzene rings is 1. The number of hydrogen-bond acceptors (Lipinski definition) is 4. The molecular weight excluding hydrogens is 268 g/mol. The van der Waals surface area contributed by atoms with E-state index in [1.807, 2.05) is 30.3 Å². The Morgan fingerprint density at radius 1 is 1.33 bits per heavy atom. The van der Waals surface area contributed by atoms with Crippen LogP contribution in [0.4, 0.5) is 0 Å². The standard InChI is InChI=1S/C16H22N2O3/c1-21-16(20)14-9-5-6-10-18(14)15(19)13(17)11-12-7-3-2-4-8-12/h2-4,7-8,13-14H,5-6,9-11,17H2,1H3/t13-,14?/m0/s1. The van der Waals surface area contributed by atoms with E-state index in [0.717, 1.165) is 18.4 Å². The molecule has 1 fully saturated rings. The van der Waals surface area contributed by atoms with Crippen molar-refractivity contribution in [2.75, 3.05) is 13.7 Å². The van der Waals surface area contributed by atoms with Gasteiger partial charge < -0.3 is 15.4 Å². The highest BCUT2D eigenvalue weighted by Crippen LogP contribution is 2.19. The molecule has 21 heavy (non-hydrogen) atoms. The summed E-state index contributed by atoms with van der Waals surface area (Å²) in [6.45, 7) is 0.571. The van der Waals surface area contributed by atoms with Gasteiger partial charge in [-0.05, 0) is 31.2 Å². The summed E-state index contributed by atoms with van der Waals surface area (Å²) in [4.78, 5) is 25.9.